The number of amides is 1. The highest BCUT2D eigenvalue weighted by atomic mass is 16.7. The molecule has 1 unspecified atom stereocenters. The second-order valence-corrected chi connectivity index (χ2v) is 4.78. The number of aliphatic hydroxyl groups excluding tert-OH is 1. The van der Waals surface area contributed by atoms with Crippen LogP contribution in [0.3, 0.4) is 0 Å². The molecule has 0 spiro atoms. The van der Waals surface area contributed by atoms with Crippen LogP contribution in [0.2, 0.25) is 0 Å². The zero-order chi connectivity index (χ0) is 15.5. The third kappa shape index (κ3) is 2.86. The Labute approximate surface area is 126 Å². The van der Waals surface area contributed by atoms with Gasteiger partial charge in [0.2, 0.25) is 12.6 Å². The van der Waals surface area contributed by atoms with E-state index in [1.807, 2.05) is 6.92 Å². The number of aromatic nitrogens is 3. The SMILES string of the molecule is CCNC(=O)c1ncn(CC(O)c2ccc3c(c2)OCO3)n1. The van der Waals surface area contributed by atoms with Gasteiger partial charge < -0.3 is 19.9 Å². The van der Waals surface area contributed by atoms with Crippen molar-refractivity contribution in [3.05, 3.63) is 35.9 Å². The largest absolute Gasteiger partial charge is 0.454 e. The van der Waals surface area contributed by atoms with E-state index in [4.69, 9.17) is 9.47 Å². The zero-order valence-electron chi connectivity index (χ0n) is 12.0. The molecule has 2 N–H and O–H groups in total. The number of benzene rings is 1. The maximum Gasteiger partial charge on any atom is 0.290 e. The van der Waals surface area contributed by atoms with Crippen molar-refractivity contribution in [2.45, 2.75) is 19.6 Å². The summed E-state index contributed by atoms with van der Waals surface area (Å²) >= 11 is 0. The highest BCUT2D eigenvalue weighted by molar-refractivity contribution is 5.90. The fourth-order valence-corrected chi connectivity index (χ4v) is 2.13. The van der Waals surface area contributed by atoms with E-state index in [1.54, 1.807) is 18.2 Å². The van der Waals surface area contributed by atoms with Crippen molar-refractivity contribution >= 4 is 5.91 Å². The molecule has 8 nitrogen and oxygen atoms in total. The quantitative estimate of drug-likeness (QED) is 0.834. The molecule has 116 valence electrons. The lowest BCUT2D eigenvalue weighted by atomic mass is 10.1. The van der Waals surface area contributed by atoms with Gasteiger partial charge in [-0.15, -0.1) is 5.10 Å². The summed E-state index contributed by atoms with van der Waals surface area (Å²) in [5.41, 5.74) is 0.680. The summed E-state index contributed by atoms with van der Waals surface area (Å²) in [6.45, 7) is 2.70. The predicted octanol–water partition coefficient (Wildman–Crippen LogP) is 0.490. The first kappa shape index (κ1) is 14.3. The Hall–Kier alpha value is -2.61. The van der Waals surface area contributed by atoms with Crippen molar-refractivity contribution in [3.63, 3.8) is 0 Å². The Balaban J connectivity index is 1.69. The molecule has 1 aromatic heterocycles. The highest BCUT2D eigenvalue weighted by Gasteiger charge is 2.18. The van der Waals surface area contributed by atoms with Gasteiger partial charge in [-0.25, -0.2) is 9.67 Å². The summed E-state index contributed by atoms with van der Waals surface area (Å²) in [5, 5.41) is 16.9. The van der Waals surface area contributed by atoms with Crippen LogP contribution < -0.4 is 14.8 Å². The standard InChI is InChI=1S/C14H16N4O4/c1-2-15-14(20)13-16-7-18(17-13)6-10(19)9-3-4-11-12(5-9)22-8-21-11/h3-5,7,10,19H,2,6,8H2,1H3,(H,15,20). The smallest absolute Gasteiger partial charge is 0.290 e. The van der Waals surface area contributed by atoms with Crippen LogP contribution in [0.15, 0.2) is 24.5 Å². The average Bonchev–Trinajstić information content (AvgIpc) is 3.15. The molecule has 3 rings (SSSR count). The van der Waals surface area contributed by atoms with Crippen molar-refractivity contribution in [1.29, 1.82) is 0 Å². The number of aliphatic hydroxyl groups is 1. The van der Waals surface area contributed by atoms with Gasteiger partial charge in [-0.05, 0) is 24.6 Å². The third-order valence-corrected chi connectivity index (χ3v) is 3.22. The average molecular weight is 304 g/mol. The minimum atomic E-state index is -0.793. The molecular formula is C14H16N4O4. The van der Waals surface area contributed by atoms with Gasteiger partial charge in [0.1, 0.15) is 6.33 Å². The van der Waals surface area contributed by atoms with Gasteiger partial charge in [-0.2, -0.15) is 0 Å². The minimum Gasteiger partial charge on any atom is -0.454 e. The summed E-state index contributed by atoms with van der Waals surface area (Å²) in [7, 11) is 0. The molecule has 0 saturated carbocycles. The fourth-order valence-electron chi connectivity index (χ4n) is 2.13. The molecule has 1 amide bonds. The predicted molar refractivity (Wildman–Crippen MR) is 75.6 cm³/mol. The number of fused-ring (bicyclic) bond motifs is 1. The second kappa shape index (κ2) is 6.02. The number of nitrogens with zero attached hydrogens (tertiary/aromatic N) is 3. The van der Waals surface area contributed by atoms with Crippen LogP contribution in [0.4, 0.5) is 0 Å². The normalized spacial score (nSPS) is 13.9. The maximum atomic E-state index is 11.6. The van der Waals surface area contributed by atoms with Gasteiger partial charge in [-0.3, -0.25) is 4.79 Å². The van der Waals surface area contributed by atoms with Gasteiger partial charge in [0.25, 0.3) is 5.91 Å². The number of ether oxygens (including phenoxy) is 2. The molecule has 0 saturated heterocycles. The van der Waals surface area contributed by atoms with Crippen LogP contribution in [-0.4, -0.2) is 39.1 Å². The first-order valence-corrected chi connectivity index (χ1v) is 6.92. The van der Waals surface area contributed by atoms with E-state index in [0.717, 1.165) is 0 Å². The fraction of sp³-hybridized carbons (Fsp3) is 0.357. The maximum absolute atomic E-state index is 11.6. The van der Waals surface area contributed by atoms with E-state index < -0.39 is 6.10 Å². The van der Waals surface area contributed by atoms with Crippen molar-refractivity contribution in [2.75, 3.05) is 13.3 Å². The zero-order valence-corrected chi connectivity index (χ0v) is 12.0. The van der Waals surface area contributed by atoms with Gasteiger partial charge >= 0.3 is 0 Å². The Bertz CT molecular complexity index is 685. The first-order valence-electron chi connectivity index (χ1n) is 6.92. The molecule has 8 heteroatoms. The van der Waals surface area contributed by atoms with Crippen molar-refractivity contribution < 1.29 is 19.4 Å². The highest BCUT2D eigenvalue weighted by Crippen LogP contribution is 2.34. The number of nitrogens with one attached hydrogen (secondary N) is 1. The molecule has 1 atom stereocenters. The monoisotopic (exact) mass is 304 g/mol. The van der Waals surface area contributed by atoms with Gasteiger partial charge in [0.05, 0.1) is 12.6 Å². The molecule has 22 heavy (non-hydrogen) atoms. The molecule has 2 heterocycles. The summed E-state index contributed by atoms with van der Waals surface area (Å²) < 4.78 is 11.9. The molecule has 1 aromatic carbocycles. The molecule has 2 aromatic rings. The lowest BCUT2D eigenvalue weighted by Gasteiger charge is -2.11. The second-order valence-electron chi connectivity index (χ2n) is 4.78. The van der Waals surface area contributed by atoms with Crippen molar-refractivity contribution in [3.8, 4) is 11.5 Å². The van der Waals surface area contributed by atoms with Gasteiger partial charge in [0.15, 0.2) is 11.5 Å². The molecule has 0 fully saturated rings. The Morgan fingerprint density at radius 3 is 3.09 bits per heavy atom. The molecule has 0 aliphatic carbocycles. The van der Waals surface area contributed by atoms with Gasteiger partial charge in [-0.1, -0.05) is 6.07 Å². The lowest BCUT2D eigenvalue weighted by molar-refractivity contribution is 0.0943. The summed E-state index contributed by atoms with van der Waals surface area (Å²) in [6, 6.07) is 5.25. The Morgan fingerprint density at radius 2 is 2.27 bits per heavy atom. The Kier molecular flexibility index (Phi) is 3.92. The van der Waals surface area contributed by atoms with Crippen molar-refractivity contribution in [2.24, 2.45) is 0 Å². The number of rotatable bonds is 5. The van der Waals surface area contributed by atoms with E-state index in [9.17, 15) is 9.90 Å². The first-order chi connectivity index (χ1) is 10.7. The number of hydrogen-bond acceptors (Lipinski definition) is 6. The number of hydrogen-bond donors (Lipinski definition) is 2. The van der Waals surface area contributed by atoms with Crippen LogP contribution in [0, 0.1) is 0 Å². The number of carbonyl (C=O) groups is 1. The molecule has 0 bridgehead atoms. The lowest BCUT2D eigenvalue weighted by Crippen LogP contribution is -2.24. The molecule has 0 radical (unpaired) electrons. The van der Waals surface area contributed by atoms with Crippen LogP contribution >= 0.6 is 0 Å². The summed E-state index contributed by atoms with van der Waals surface area (Å²) in [4.78, 5) is 15.5. The van der Waals surface area contributed by atoms with Crippen molar-refractivity contribution in [1.82, 2.24) is 20.1 Å². The molecule has 1 aliphatic rings. The number of carbonyl (C=O) groups excluding carboxylic acids is 1. The summed E-state index contributed by atoms with van der Waals surface area (Å²) in [5.74, 6) is 1.02. The third-order valence-electron chi connectivity index (χ3n) is 3.22. The van der Waals surface area contributed by atoms with Crippen LogP contribution in [-0.2, 0) is 6.54 Å². The summed E-state index contributed by atoms with van der Waals surface area (Å²) in [6.07, 6.45) is 0.624. The van der Waals surface area contributed by atoms with E-state index in [2.05, 4.69) is 15.4 Å². The van der Waals surface area contributed by atoms with E-state index >= 15 is 0 Å². The van der Waals surface area contributed by atoms with Gasteiger partial charge in [0, 0.05) is 6.54 Å². The van der Waals surface area contributed by atoms with Crippen LogP contribution in [0.1, 0.15) is 29.2 Å². The van der Waals surface area contributed by atoms with E-state index in [1.165, 1.54) is 11.0 Å². The topological polar surface area (TPSA) is 98.5 Å². The molecular weight excluding hydrogens is 288 g/mol. The van der Waals surface area contributed by atoms with E-state index in [0.29, 0.717) is 23.6 Å². The Morgan fingerprint density at radius 1 is 1.45 bits per heavy atom. The van der Waals surface area contributed by atoms with Crippen LogP contribution in [0.5, 0.6) is 11.5 Å². The van der Waals surface area contributed by atoms with E-state index in [-0.39, 0.29) is 25.1 Å². The van der Waals surface area contributed by atoms with Crippen LogP contribution in [0.25, 0.3) is 0 Å². The minimum absolute atomic E-state index is 0.0831. The molecule has 1 aliphatic heterocycles.